The van der Waals surface area contributed by atoms with Crippen LogP contribution in [-0.4, -0.2) is 30.2 Å². The summed E-state index contributed by atoms with van der Waals surface area (Å²) in [5.41, 5.74) is 0. The number of hydrogen-bond donors (Lipinski definition) is 0. The molecule has 164 valence electrons. The lowest BCUT2D eigenvalue weighted by molar-refractivity contribution is 0.453. The Morgan fingerprint density at radius 1 is 0.821 bits per heavy atom. The van der Waals surface area contributed by atoms with E-state index in [4.69, 9.17) is 0 Å². The lowest BCUT2D eigenvalue weighted by Gasteiger charge is -2.08. The minimum absolute atomic E-state index is 0.338. The van der Waals surface area contributed by atoms with Crippen LogP contribution in [-0.2, 0) is 21.0 Å². The van der Waals surface area contributed by atoms with Crippen molar-refractivity contribution in [1.29, 1.82) is 0 Å². The molecule has 1 aromatic rings. The van der Waals surface area contributed by atoms with Gasteiger partial charge in [0.1, 0.15) is 39.0 Å². The molecule has 0 aliphatic heterocycles. The van der Waals surface area contributed by atoms with Crippen molar-refractivity contribution < 1.29 is 21.8 Å². The van der Waals surface area contributed by atoms with Crippen LogP contribution in [0.15, 0.2) is 23.1 Å². The van der Waals surface area contributed by atoms with Gasteiger partial charge in [-0.15, -0.1) is 0 Å². The Morgan fingerprint density at radius 2 is 1.25 bits per heavy atom. The third-order valence-electron chi connectivity index (χ3n) is 4.27. The molecule has 0 heterocycles. The van der Waals surface area contributed by atoms with Gasteiger partial charge in [0, 0.05) is 6.07 Å². The molecule has 0 aliphatic carbocycles. The first-order valence-corrected chi connectivity index (χ1v) is 13.4. The Bertz CT molecular complexity index is 598. The van der Waals surface area contributed by atoms with Gasteiger partial charge in [-0.1, -0.05) is 40.0 Å². The molecule has 0 saturated carbocycles. The number of benzene rings is 1. The largest absolute Gasteiger partial charge is 0.744 e. The van der Waals surface area contributed by atoms with Crippen molar-refractivity contribution in [2.75, 3.05) is 17.3 Å². The molecule has 0 fully saturated rings. The standard InChI is InChI=1S/C15H33S.C6H4F2O3S/c1-4-7-10-13-16(14-11-8-5-2)15-12-9-6-3;7-4-1-2-6(5(8)3-4)12(9,10)11/h4-15H2,1-3H3;1-3H,(H,9,10,11)/q+1;/p-1. The minimum Gasteiger partial charge on any atom is -0.744 e. The van der Waals surface area contributed by atoms with Crippen molar-refractivity contribution in [1.82, 2.24) is 0 Å². The molecule has 1 aromatic carbocycles. The fourth-order valence-corrected chi connectivity index (χ4v) is 5.63. The van der Waals surface area contributed by atoms with E-state index in [0.29, 0.717) is 18.2 Å². The van der Waals surface area contributed by atoms with Gasteiger partial charge in [-0.2, -0.15) is 0 Å². The smallest absolute Gasteiger partial charge is 0.143 e. The summed E-state index contributed by atoms with van der Waals surface area (Å²) in [6, 6.07) is 1.63. The van der Waals surface area contributed by atoms with Crippen molar-refractivity contribution >= 4 is 21.0 Å². The first kappa shape index (κ1) is 27.3. The highest BCUT2D eigenvalue weighted by atomic mass is 32.2. The molecule has 0 radical (unpaired) electrons. The summed E-state index contributed by atoms with van der Waals surface area (Å²) in [6.45, 7) is 6.94. The van der Waals surface area contributed by atoms with E-state index >= 15 is 0 Å². The first-order valence-electron chi connectivity index (χ1n) is 10.3. The summed E-state index contributed by atoms with van der Waals surface area (Å²) in [7, 11) is -4.07. The van der Waals surface area contributed by atoms with E-state index in [0.717, 1.165) is 10.9 Å². The molecule has 3 nitrogen and oxygen atoms in total. The molecule has 0 bridgehead atoms. The van der Waals surface area contributed by atoms with Crippen LogP contribution >= 0.6 is 0 Å². The molecule has 0 spiro atoms. The summed E-state index contributed by atoms with van der Waals surface area (Å²) in [5.74, 6) is 2.29. The van der Waals surface area contributed by atoms with Gasteiger partial charge in [-0.25, -0.2) is 17.2 Å². The number of halogens is 2. The monoisotopic (exact) mass is 438 g/mol. The van der Waals surface area contributed by atoms with Gasteiger partial charge in [-0.3, -0.25) is 0 Å². The van der Waals surface area contributed by atoms with Crippen LogP contribution in [0.4, 0.5) is 8.78 Å². The van der Waals surface area contributed by atoms with Gasteiger partial charge >= 0.3 is 0 Å². The summed E-state index contributed by atoms with van der Waals surface area (Å²) in [4.78, 5) is -1.04. The van der Waals surface area contributed by atoms with E-state index in [1.807, 2.05) is 0 Å². The van der Waals surface area contributed by atoms with Gasteiger partial charge in [0.05, 0.1) is 4.90 Å². The summed E-state index contributed by atoms with van der Waals surface area (Å²) >= 11 is 0. The molecular weight excluding hydrogens is 402 g/mol. The van der Waals surface area contributed by atoms with Gasteiger partial charge in [0.2, 0.25) is 0 Å². The maximum Gasteiger partial charge on any atom is 0.143 e. The van der Waals surface area contributed by atoms with Crippen molar-refractivity contribution in [2.24, 2.45) is 0 Å². The van der Waals surface area contributed by atoms with E-state index in [9.17, 15) is 21.8 Å². The molecular formula is C21H36F2O3S2. The molecule has 0 atom stereocenters. The fourth-order valence-electron chi connectivity index (χ4n) is 2.65. The molecule has 0 saturated heterocycles. The van der Waals surface area contributed by atoms with Gasteiger partial charge < -0.3 is 4.55 Å². The van der Waals surface area contributed by atoms with Crippen molar-refractivity contribution in [2.45, 2.75) is 83.5 Å². The van der Waals surface area contributed by atoms with Crippen molar-refractivity contribution in [3.05, 3.63) is 29.8 Å². The number of unbranched alkanes of at least 4 members (excludes halogenated alkanes) is 6. The first-order chi connectivity index (χ1) is 13.3. The SMILES string of the molecule is CCCCC[S+](CCCCC)CCCCC.O=S(=O)([O-])c1ccc(F)cc1F. The molecule has 0 aromatic heterocycles. The van der Waals surface area contributed by atoms with Crippen LogP contribution in [0.5, 0.6) is 0 Å². The van der Waals surface area contributed by atoms with Gasteiger partial charge in [0.15, 0.2) is 0 Å². The third kappa shape index (κ3) is 13.5. The van der Waals surface area contributed by atoms with Crippen LogP contribution in [0.2, 0.25) is 0 Å². The quantitative estimate of drug-likeness (QED) is 0.214. The molecule has 0 amide bonds. The van der Waals surface area contributed by atoms with E-state index in [-0.39, 0.29) is 0 Å². The summed E-state index contributed by atoms with van der Waals surface area (Å²) in [6.07, 6.45) is 12.9. The molecule has 0 aliphatic rings. The van der Waals surface area contributed by atoms with Crippen molar-refractivity contribution in [3.63, 3.8) is 0 Å². The Morgan fingerprint density at radius 3 is 1.57 bits per heavy atom. The molecule has 0 unspecified atom stereocenters. The zero-order valence-electron chi connectivity index (χ0n) is 17.5. The van der Waals surface area contributed by atoms with E-state index in [1.165, 1.54) is 75.0 Å². The van der Waals surface area contributed by atoms with Gasteiger partial charge in [0.25, 0.3) is 0 Å². The van der Waals surface area contributed by atoms with Gasteiger partial charge in [-0.05, 0) is 61.6 Å². The maximum absolute atomic E-state index is 12.5. The summed E-state index contributed by atoms with van der Waals surface area (Å²) < 4.78 is 55.5. The van der Waals surface area contributed by atoms with E-state index in [2.05, 4.69) is 20.8 Å². The second kappa shape index (κ2) is 16.2. The maximum atomic E-state index is 12.5. The highest BCUT2D eigenvalue weighted by molar-refractivity contribution is 7.96. The normalized spacial score (nSPS) is 11.4. The second-order valence-corrected chi connectivity index (χ2v) is 10.7. The Labute approximate surface area is 173 Å². The average Bonchev–Trinajstić information content (AvgIpc) is 2.61. The highest BCUT2D eigenvalue weighted by Crippen LogP contribution is 2.14. The fraction of sp³-hybridized carbons (Fsp3) is 0.714. The number of rotatable bonds is 13. The molecule has 1 rings (SSSR count). The van der Waals surface area contributed by atoms with Crippen LogP contribution in [0.25, 0.3) is 0 Å². The average molecular weight is 439 g/mol. The highest BCUT2D eigenvalue weighted by Gasteiger charge is 2.16. The van der Waals surface area contributed by atoms with Crippen LogP contribution < -0.4 is 0 Å². The van der Waals surface area contributed by atoms with Crippen LogP contribution in [0, 0.1) is 11.6 Å². The molecule has 7 heteroatoms. The Balaban J connectivity index is 0.000000540. The zero-order chi connectivity index (χ0) is 21.4. The summed E-state index contributed by atoms with van der Waals surface area (Å²) in [5, 5.41) is 0. The van der Waals surface area contributed by atoms with Crippen molar-refractivity contribution in [3.8, 4) is 0 Å². The predicted molar refractivity (Wildman–Crippen MR) is 115 cm³/mol. The topological polar surface area (TPSA) is 57.2 Å². The van der Waals surface area contributed by atoms with E-state index in [1.54, 1.807) is 0 Å². The van der Waals surface area contributed by atoms with Crippen LogP contribution in [0.3, 0.4) is 0 Å². The lowest BCUT2D eigenvalue weighted by atomic mass is 10.3. The lowest BCUT2D eigenvalue weighted by Crippen LogP contribution is -2.16. The Kier molecular flexibility index (Phi) is 15.8. The predicted octanol–water partition coefficient (Wildman–Crippen LogP) is 6.04. The van der Waals surface area contributed by atoms with E-state index < -0.39 is 26.6 Å². The third-order valence-corrected chi connectivity index (χ3v) is 7.74. The zero-order valence-corrected chi connectivity index (χ0v) is 19.1. The number of hydrogen-bond acceptors (Lipinski definition) is 3. The Hall–Kier alpha value is -0.660. The molecule has 28 heavy (non-hydrogen) atoms. The minimum atomic E-state index is -4.84. The second-order valence-electron chi connectivity index (χ2n) is 6.87. The van der Waals surface area contributed by atoms with Crippen LogP contribution in [0.1, 0.15) is 78.6 Å². The molecule has 0 N–H and O–H groups in total.